The van der Waals surface area contributed by atoms with E-state index in [1.54, 1.807) is 25.3 Å². The number of ether oxygens (including phenoxy) is 1. The van der Waals surface area contributed by atoms with Gasteiger partial charge in [0, 0.05) is 32.7 Å². The molecule has 6 nitrogen and oxygen atoms in total. The molecule has 0 aliphatic rings. The number of benzene rings is 1. The summed E-state index contributed by atoms with van der Waals surface area (Å²) in [6.45, 7) is 1.91. The standard InChI is InChI=1S/C20H28FN3O3/c1-4-7-15(13-18(22)20(26)24-3)27-16-11-10-14(17(21)12-16)8-5-6-9-19(25)23-2/h7,10-13H,4-6,8-9,22H2,1-3H3,(H,23,25)(H,24,26)/b15-7+,18-13-. The summed E-state index contributed by atoms with van der Waals surface area (Å²) in [4.78, 5) is 22.7. The molecule has 148 valence electrons. The van der Waals surface area contributed by atoms with Gasteiger partial charge < -0.3 is 21.1 Å². The van der Waals surface area contributed by atoms with Gasteiger partial charge in [-0.3, -0.25) is 9.59 Å². The predicted octanol–water partition coefficient (Wildman–Crippen LogP) is 2.55. The third-order valence-corrected chi connectivity index (χ3v) is 3.83. The van der Waals surface area contributed by atoms with Gasteiger partial charge in [-0.1, -0.05) is 13.0 Å². The van der Waals surface area contributed by atoms with E-state index >= 15 is 0 Å². The van der Waals surface area contributed by atoms with E-state index in [9.17, 15) is 14.0 Å². The van der Waals surface area contributed by atoms with Crippen LogP contribution < -0.4 is 21.1 Å². The number of amides is 2. The van der Waals surface area contributed by atoms with E-state index in [1.165, 1.54) is 19.2 Å². The Hall–Kier alpha value is -2.83. The SMILES string of the molecule is CC/C=C(\C=C(/N)C(=O)NC)Oc1ccc(CCCCC(=O)NC)c(F)c1. The summed E-state index contributed by atoms with van der Waals surface area (Å²) in [6, 6.07) is 4.64. The van der Waals surface area contributed by atoms with Crippen molar-refractivity contribution in [1.82, 2.24) is 10.6 Å². The predicted molar refractivity (Wildman–Crippen MR) is 103 cm³/mol. The van der Waals surface area contributed by atoms with Gasteiger partial charge in [0.05, 0.1) is 0 Å². The van der Waals surface area contributed by atoms with E-state index in [0.717, 1.165) is 6.42 Å². The number of hydrogen-bond acceptors (Lipinski definition) is 4. The maximum absolute atomic E-state index is 14.3. The van der Waals surface area contributed by atoms with E-state index in [-0.39, 0.29) is 17.4 Å². The maximum Gasteiger partial charge on any atom is 0.267 e. The molecule has 0 heterocycles. The van der Waals surface area contributed by atoms with Crippen LogP contribution in [0.2, 0.25) is 0 Å². The molecule has 0 unspecified atom stereocenters. The summed E-state index contributed by atoms with van der Waals surface area (Å²) in [5.74, 6) is -0.109. The van der Waals surface area contributed by atoms with Crippen LogP contribution in [0.1, 0.15) is 38.2 Å². The average Bonchev–Trinajstić information content (AvgIpc) is 2.65. The van der Waals surface area contributed by atoms with Crippen molar-refractivity contribution in [2.24, 2.45) is 5.73 Å². The Bertz CT molecular complexity index is 714. The lowest BCUT2D eigenvalue weighted by Crippen LogP contribution is -2.25. The fourth-order valence-electron chi connectivity index (χ4n) is 2.35. The number of nitrogens with one attached hydrogen (secondary N) is 2. The first-order valence-corrected chi connectivity index (χ1v) is 8.97. The molecule has 1 aromatic carbocycles. The molecule has 0 radical (unpaired) electrons. The zero-order valence-corrected chi connectivity index (χ0v) is 16.1. The second-order valence-corrected chi connectivity index (χ2v) is 5.93. The second-order valence-electron chi connectivity index (χ2n) is 5.93. The number of rotatable bonds is 10. The highest BCUT2D eigenvalue weighted by molar-refractivity contribution is 5.92. The molecule has 0 aliphatic heterocycles. The minimum absolute atomic E-state index is 0.00501. The molecule has 7 heteroatoms. The monoisotopic (exact) mass is 377 g/mol. The molecule has 1 aromatic rings. The van der Waals surface area contributed by atoms with Crippen molar-refractivity contribution in [3.05, 3.63) is 53.2 Å². The lowest BCUT2D eigenvalue weighted by Gasteiger charge is -2.10. The lowest BCUT2D eigenvalue weighted by atomic mass is 10.1. The van der Waals surface area contributed by atoms with E-state index in [0.29, 0.717) is 42.8 Å². The first kappa shape index (κ1) is 22.2. The van der Waals surface area contributed by atoms with Gasteiger partial charge in [0.15, 0.2) is 0 Å². The van der Waals surface area contributed by atoms with Gasteiger partial charge in [-0.25, -0.2) is 4.39 Å². The number of aryl methyl sites for hydroxylation is 1. The maximum atomic E-state index is 14.3. The van der Waals surface area contributed by atoms with Crippen LogP contribution in [-0.4, -0.2) is 25.9 Å². The number of carbonyl (C=O) groups is 2. The largest absolute Gasteiger partial charge is 0.458 e. The van der Waals surface area contributed by atoms with Crippen molar-refractivity contribution in [3.8, 4) is 5.75 Å². The number of nitrogens with two attached hydrogens (primary N) is 1. The number of hydrogen-bond donors (Lipinski definition) is 3. The molecule has 0 bridgehead atoms. The van der Waals surface area contributed by atoms with Crippen LogP contribution >= 0.6 is 0 Å². The summed E-state index contributed by atoms with van der Waals surface area (Å²) in [6.07, 6.45) is 6.22. The molecular weight excluding hydrogens is 349 g/mol. The van der Waals surface area contributed by atoms with Gasteiger partial charge in [0.2, 0.25) is 5.91 Å². The zero-order chi connectivity index (χ0) is 20.2. The molecule has 1 rings (SSSR count). The molecule has 0 saturated carbocycles. The summed E-state index contributed by atoms with van der Waals surface area (Å²) < 4.78 is 20.0. The van der Waals surface area contributed by atoms with E-state index < -0.39 is 5.91 Å². The smallest absolute Gasteiger partial charge is 0.267 e. The Kier molecular flexibility index (Phi) is 9.64. The third-order valence-electron chi connectivity index (χ3n) is 3.83. The van der Waals surface area contributed by atoms with Gasteiger partial charge in [-0.15, -0.1) is 0 Å². The number of likely N-dealkylation sites (N-methyl/N-ethyl adjacent to an activating group) is 1. The topological polar surface area (TPSA) is 93.5 Å². The molecule has 0 aliphatic carbocycles. The highest BCUT2D eigenvalue weighted by atomic mass is 19.1. The van der Waals surface area contributed by atoms with Crippen molar-refractivity contribution in [1.29, 1.82) is 0 Å². The van der Waals surface area contributed by atoms with Crippen LogP contribution in [0.4, 0.5) is 4.39 Å². The van der Waals surface area contributed by atoms with Crippen LogP contribution in [0.15, 0.2) is 41.8 Å². The number of halogens is 1. The van der Waals surface area contributed by atoms with Gasteiger partial charge in [0.1, 0.15) is 23.0 Å². The van der Waals surface area contributed by atoms with Crippen molar-refractivity contribution in [2.45, 2.75) is 39.0 Å². The Morgan fingerprint density at radius 3 is 2.56 bits per heavy atom. The molecule has 0 saturated heterocycles. The number of carbonyl (C=O) groups excluding carboxylic acids is 2. The van der Waals surface area contributed by atoms with Crippen LogP contribution in [0, 0.1) is 5.82 Å². The van der Waals surface area contributed by atoms with E-state index in [1.807, 2.05) is 6.92 Å². The summed E-state index contributed by atoms with van der Waals surface area (Å²) in [5.41, 5.74) is 6.27. The fourth-order valence-corrected chi connectivity index (χ4v) is 2.35. The highest BCUT2D eigenvalue weighted by Gasteiger charge is 2.08. The van der Waals surface area contributed by atoms with E-state index in [4.69, 9.17) is 10.5 Å². The van der Waals surface area contributed by atoms with Crippen molar-refractivity contribution < 1.29 is 18.7 Å². The van der Waals surface area contributed by atoms with Gasteiger partial charge in [-0.05, 0) is 43.4 Å². The Morgan fingerprint density at radius 1 is 1.22 bits per heavy atom. The summed E-state index contributed by atoms with van der Waals surface area (Å²) in [5, 5.41) is 4.99. The Balaban J connectivity index is 2.75. The van der Waals surface area contributed by atoms with Crippen LogP contribution in [-0.2, 0) is 16.0 Å². The van der Waals surface area contributed by atoms with Crippen molar-refractivity contribution in [3.63, 3.8) is 0 Å². The Morgan fingerprint density at radius 2 is 1.96 bits per heavy atom. The number of allylic oxidation sites excluding steroid dienone is 2. The molecule has 27 heavy (non-hydrogen) atoms. The minimum atomic E-state index is -0.418. The molecule has 0 atom stereocenters. The average molecular weight is 377 g/mol. The number of unbranched alkanes of at least 4 members (excludes halogenated alkanes) is 1. The molecule has 2 amide bonds. The molecule has 0 aromatic heterocycles. The van der Waals surface area contributed by atoms with Crippen molar-refractivity contribution >= 4 is 11.8 Å². The van der Waals surface area contributed by atoms with Crippen LogP contribution in [0.5, 0.6) is 5.75 Å². The van der Waals surface area contributed by atoms with Crippen LogP contribution in [0.25, 0.3) is 0 Å². The first-order valence-electron chi connectivity index (χ1n) is 8.97. The fraction of sp³-hybridized carbons (Fsp3) is 0.400. The van der Waals surface area contributed by atoms with Crippen molar-refractivity contribution in [2.75, 3.05) is 14.1 Å². The normalized spacial score (nSPS) is 11.9. The highest BCUT2D eigenvalue weighted by Crippen LogP contribution is 2.21. The Labute approximate surface area is 159 Å². The van der Waals surface area contributed by atoms with Crippen LogP contribution in [0.3, 0.4) is 0 Å². The quantitative estimate of drug-likeness (QED) is 0.253. The van der Waals surface area contributed by atoms with Gasteiger partial charge in [-0.2, -0.15) is 0 Å². The molecular formula is C20H28FN3O3. The zero-order valence-electron chi connectivity index (χ0n) is 16.1. The second kappa shape index (κ2) is 11.7. The van der Waals surface area contributed by atoms with Gasteiger partial charge >= 0.3 is 0 Å². The lowest BCUT2D eigenvalue weighted by molar-refractivity contribution is -0.120. The first-order chi connectivity index (χ1) is 12.9. The summed E-state index contributed by atoms with van der Waals surface area (Å²) >= 11 is 0. The minimum Gasteiger partial charge on any atom is -0.458 e. The molecule has 4 N–H and O–H groups in total. The molecule has 0 spiro atoms. The third kappa shape index (κ3) is 7.94. The van der Waals surface area contributed by atoms with E-state index in [2.05, 4.69) is 10.6 Å². The summed E-state index contributed by atoms with van der Waals surface area (Å²) in [7, 11) is 3.08. The molecule has 0 fully saturated rings. The van der Waals surface area contributed by atoms with Gasteiger partial charge in [0.25, 0.3) is 5.91 Å².